The van der Waals surface area contributed by atoms with Crippen LogP contribution >= 0.6 is 11.6 Å². The molecule has 0 aromatic heterocycles. The first kappa shape index (κ1) is 16.8. The summed E-state index contributed by atoms with van der Waals surface area (Å²) >= 11 is 6.45. The lowest BCUT2D eigenvalue weighted by Crippen LogP contribution is -2.41. The van der Waals surface area contributed by atoms with E-state index in [-0.39, 0.29) is 12.1 Å². The van der Waals surface area contributed by atoms with E-state index in [4.69, 9.17) is 17.3 Å². The van der Waals surface area contributed by atoms with Crippen molar-refractivity contribution >= 4 is 11.6 Å². The summed E-state index contributed by atoms with van der Waals surface area (Å²) in [6, 6.07) is 8.59. The zero-order valence-corrected chi connectivity index (χ0v) is 14.1. The standard InChI is InChI=1S/C18H29ClN2/c1-3-14-8-7-12-21(13-11-14)18(17(20)4-2)15-9-5-6-10-16(15)19/h5-6,9-10,14,17-18H,3-4,7-8,11-13,20H2,1-2H3. The zero-order chi connectivity index (χ0) is 15.2. The molecule has 2 N–H and O–H groups in total. The van der Waals surface area contributed by atoms with Crippen LogP contribution in [0.25, 0.3) is 0 Å². The van der Waals surface area contributed by atoms with E-state index in [0.717, 1.165) is 30.5 Å². The number of halogens is 1. The van der Waals surface area contributed by atoms with Crippen LogP contribution in [0.2, 0.25) is 5.02 Å². The predicted octanol–water partition coefficient (Wildman–Crippen LogP) is 4.63. The molecule has 0 radical (unpaired) electrons. The second-order valence-corrected chi connectivity index (χ2v) is 6.69. The Balaban J connectivity index is 2.22. The summed E-state index contributed by atoms with van der Waals surface area (Å²) in [5, 5.41) is 0.850. The van der Waals surface area contributed by atoms with Gasteiger partial charge in [-0.1, -0.05) is 50.1 Å². The van der Waals surface area contributed by atoms with Gasteiger partial charge in [0.15, 0.2) is 0 Å². The highest BCUT2D eigenvalue weighted by molar-refractivity contribution is 6.31. The van der Waals surface area contributed by atoms with E-state index in [0.29, 0.717) is 0 Å². The van der Waals surface area contributed by atoms with Crippen molar-refractivity contribution in [3.8, 4) is 0 Å². The van der Waals surface area contributed by atoms with Gasteiger partial charge in [-0.15, -0.1) is 0 Å². The summed E-state index contributed by atoms with van der Waals surface area (Å²) in [4.78, 5) is 2.57. The second kappa shape index (κ2) is 8.17. The van der Waals surface area contributed by atoms with E-state index in [2.05, 4.69) is 30.9 Å². The molecule has 1 fully saturated rings. The van der Waals surface area contributed by atoms with Crippen LogP contribution in [0.1, 0.15) is 57.6 Å². The molecule has 1 heterocycles. The first-order chi connectivity index (χ1) is 10.2. The average molecular weight is 309 g/mol. The number of benzene rings is 1. The minimum Gasteiger partial charge on any atom is -0.326 e. The van der Waals surface area contributed by atoms with Crippen molar-refractivity contribution in [2.24, 2.45) is 11.7 Å². The van der Waals surface area contributed by atoms with Crippen LogP contribution in [-0.4, -0.2) is 24.0 Å². The van der Waals surface area contributed by atoms with Gasteiger partial charge < -0.3 is 5.73 Å². The lowest BCUT2D eigenvalue weighted by molar-refractivity contribution is 0.173. The van der Waals surface area contributed by atoms with Crippen molar-refractivity contribution in [1.82, 2.24) is 4.90 Å². The fraction of sp³-hybridized carbons (Fsp3) is 0.667. The van der Waals surface area contributed by atoms with E-state index < -0.39 is 0 Å². The van der Waals surface area contributed by atoms with Crippen LogP contribution in [0.4, 0.5) is 0 Å². The molecular formula is C18H29ClN2. The molecule has 2 rings (SSSR count). The lowest BCUT2D eigenvalue weighted by atomic mass is 9.95. The number of likely N-dealkylation sites (tertiary alicyclic amines) is 1. The fourth-order valence-electron chi connectivity index (χ4n) is 3.51. The summed E-state index contributed by atoms with van der Waals surface area (Å²) in [5.74, 6) is 0.875. The maximum Gasteiger partial charge on any atom is 0.0513 e. The Morgan fingerprint density at radius 1 is 1.24 bits per heavy atom. The molecule has 3 atom stereocenters. The molecule has 1 aromatic carbocycles. The zero-order valence-electron chi connectivity index (χ0n) is 13.4. The van der Waals surface area contributed by atoms with Crippen molar-refractivity contribution in [3.63, 3.8) is 0 Å². The number of nitrogens with zero attached hydrogens (tertiary/aromatic N) is 1. The van der Waals surface area contributed by atoms with Gasteiger partial charge >= 0.3 is 0 Å². The van der Waals surface area contributed by atoms with Crippen molar-refractivity contribution in [3.05, 3.63) is 34.9 Å². The third-order valence-corrected chi connectivity index (χ3v) is 5.30. The van der Waals surface area contributed by atoms with E-state index >= 15 is 0 Å². The van der Waals surface area contributed by atoms with Crippen molar-refractivity contribution < 1.29 is 0 Å². The van der Waals surface area contributed by atoms with Crippen LogP contribution in [-0.2, 0) is 0 Å². The highest BCUT2D eigenvalue weighted by atomic mass is 35.5. The van der Waals surface area contributed by atoms with Gasteiger partial charge in [0.1, 0.15) is 0 Å². The monoisotopic (exact) mass is 308 g/mol. The molecule has 2 nitrogen and oxygen atoms in total. The minimum absolute atomic E-state index is 0.142. The molecule has 3 heteroatoms. The van der Waals surface area contributed by atoms with Gasteiger partial charge in [0.25, 0.3) is 0 Å². The molecule has 0 saturated carbocycles. The molecule has 0 spiro atoms. The lowest BCUT2D eigenvalue weighted by Gasteiger charge is -2.35. The number of rotatable bonds is 5. The van der Waals surface area contributed by atoms with Crippen LogP contribution in [0, 0.1) is 5.92 Å². The summed E-state index contributed by atoms with van der Waals surface area (Å²) in [7, 11) is 0. The maximum absolute atomic E-state index is 6.47. The first-order valence-electron chi connectivity index (χ1n) is 8.41. The Morgan fingerprint density at radius 3 is 2.67 bits per heavy atom. The molecule has 3 unspecified atom stereocenters. The molecule has 0 amide bonds. The fourth-order valence-corrected chi connectivity index (χ4v) is 3.76. The minimum atomic E-state index is 0.142. The van der Waals surface area contributed by atoms with E-state index in [9.17, 15) is 0 Å². The average Bonchev–Trinajstić information content (AvgIpc) is 2.75. The Kier molecular flexibility index (Phi) is 6.53. The quantitative estimate of drug-likeness (QED) is 0.859. The summed E-state index contributed by atoms with van der Waals surface area (Å²) in [6.07, 6.45) is 6.18. The Bertz CT molecular complexity index is 435. The third-order valence-electron chi connectivity index (χ3n) is 4.95. The first-order valence-corrected chi connectivity index (χ1v) is 8.79. The van der Waals surface area contributed by atoms with E-state index in [1.807, 2.05) is 12.1 Å². The predicted molar refractivity (Wildman–Crippen MR) is 91.7 cm³/mol. The molecule has 1 aliphatic rings. The van der Waals surface area contributed by atoms with Gasteiger partial charge in [0, 0.05) is 11.1 Å². The van der Waals surface area contributed by atoms with Crippen molar-refractivity contribution in [1.29, 1.82) is 0 Å². The molecule has 21 heavy (non-hydrogen) atoms. The van der Waals surface area contributed by atoms with Crippen LogP contribution in [0.15, 0.2) is 24.3 Å². The van der Waals surface area contributed by atoms with Crippen molar-refractivity contribution in [2.45, 2.75) is 58.0 Å². The SMILES string of the molecule is CCC1CCCN(C(c2ccccc2Cl)C(N)CC)CC1. The molecule has 1 aromatic rings. The van der Waals surface area contributed by atoms with E-state index in [1.165, 1.54) is 31.2 Å². The topological polar surface area (TPSA) is 29.3 Å². The van der Waals surface area contributed by atoms with E-state index in [1.54, 1.807) is 0 Å². The summed E-state index contributed by atoms with van der Waals surface area (Å²) in [6.45, 7) is 6.76. The third kappa shape index (κ3) is 4.21. The molecule has 118 valence electrons. The normalized spacial score (nSPS) is 23.5. The highest BCUT2D eigenvalue weighted by Gasteiger charge is 2.29. The van der Waals surface area contributed by atoms with Crippen LogP contribution in [0.5, 0.6) is 0 Å². The molecule has 1 aliphatic heterocycles. The molecule has 0 bridgehead atoms. The number of hydrogen-bond acceptors (Lipinski definition) is 2. The molecule has 0 aliphatic carbocycles. The van der Waals surface area contributed by atoms with Gasteiger partial charge in [-0.2, -0.15) is 0 Å². The van der Waals surface area contributed by atoms with Crippen LogP contribution < -0.4 is 5.73 Å². The second-order valence-electron chi connectivity index (χ2n) is 6.28. The number of nitrogens with two attached hydrogens (primary N) is 1. The molecule has 1 saturated heterocycles. The van der Waals surface area contributed by atoms with Crippen molar-refractivity contribution in [2.75, 3.05) is 13.1 Å². The summed E-state index contributed by atoms with van der Waals surface area (Å²) in [5.41, 5.74) is 7.66. The van der Waals surface area contributed by atoms with Gasteiger partial charge in [0.2, 0.25) is 0 Å². The van der Waals surface area contributed by atoms with Gasteiger partial charge in [-0.05, 0) is 56.3 Å². The van der Waals surface area contributed by atoms with Gasteiger partial charge in [0.05, 0.1) is 6.04 Å². The Morgan fingerprint density at radius 2 is 2.00 bits per heavy atom. The molecular weight excluding hydrogens is 280 g/mol. The Labute approximate surface area is 134 Å². The highest BCUT2D eigenvalue weighted by Crippen LogP contribution is 2.33. The largest absolute Gasteiger partial charge is 0.326 e. The maximum atomic E-state index is 6.47. The van der Waals surface area contributed by atoms with Gasteiger partial charge in [-0.25, -0.2) is 0 Å². The summed E-state index contributed by atoms with van der Waals surface area (Å²) < 4.78 is 0. The smallest absolute Gasteiger partial charge is 0.0513 e. The van der Waals surface area contributed by atoms with Gasteiger partial charge in [-0.3, -0.25) is 4.90 Å². The Hall–Kier alpha value is -0.570. The number of hydrogen-bond donors (Lipinski definition) is 1. The van der Waals surface area contributed by atoms with Crippen LogP contribution in [0.3, 0.4) is 0 Å².